The molecule has 2 rings (SSSR count). The molecule has 1 fully saturated rings. The van der Waals surface area contributed by atoms with E-state index in [1.807, 2.05) is 30.2 Å². The minimum absolute atomic E-state index is 0.0874. The van der Waals surface area contributed by atoms with Gasteiger partial charge in [-0.1, -0.05) is 18.2 Å². The van der Waals surface area contributed by atoms with E-state index in [1.54, 1.807) is 18.3 Å². The summed E-state index contributed by atoms with van der Waals surface area (Å²) < 4.78 is 0. The van der Waals surface area contributed by atoms with Crippen LogP contribution >= 0.6 is 0 Å². The van der Waals surface area contributed by atoms with Gasteiger partial charge in [-0.3, -0.25) is 4.79 Å². The van der Waals surface area contributed by atoms with Crippen LogP contribution in [0.3, 0.4) is 0 Å². The number of piperidine rings is 1. The normalized spacial score (nSPS) is 20.9. The topological polar surface area (TPSA) is 49.0 Å². The van der Waals surface area contributed by atoms with Crippen LogP contribution in [0.4, 0.5) is 0 Å². The number of rotatable bonds is 3. The van der Waals surface area contributed by atoms with Crippen molar-refractivity contribution in [2.75, 3.05) is 13.1 Å². The maximum Gasteiger partial charge on any atom is 0.246 e. The van der Waals surface area contributed by atoms with Crippen LogP contribution in [-0.4, -0.2) is 33.9 Å². The minimum Gasteiger partial charge on any atom is -0.348 e. The molecular weight excluding hydrogens is 226 g/mol. The Labute approximate surface area is 107 Å². The van der Waals surface area contributed by atoms with E-state index in [-0.39, 0.29) is 5.91 Å². The van der Waals surface area contributed by atoms with E-state index in [4.69, 9.17) is 0 Å². The Morgan fingerprint density at radius 3 is 3.17 bits per heavy atom. The molecule has 0 saturated carbocycles. The maximum absolute atomic E-state index is 12.0. The first-order valence-corrected chi connectivity index (χ1v) is 6.39. The van der Waals surface area contributed by atoms with Gasteiger partial charge < -0.3 is 9.88 Å². The molecule has 4 nitrogen and oxygen atoms in total. The Kier molecular flexibility index (Phi) is 4.34. The first-order chi connectivity index (χ1) is 8.81. The zero-order valence-electron chi connectivity index (χ0n) is 10.7. The third-order valence-electron chi connectivity index (χ3n) is 3.18. The molecule has 1 atom stereocenters. The van der Waals surface area contributed by atoms with Gasteiger partial charge in [0.25, 0.3) is 0 Å². The van der Waals surface area contributed by atoms with E-state index in [2.05, 4.69) is 9.97 Å². The summed E-state index contributed by atoms with van der Waals surface area (Å²) in [5.74, 6) is 1.42. The molecule has 1 aromatic heterocycles. The van der Waals surface area contributed by atoms with Crippen molar-refractivity contribution in [1.29, 1.82) is 0 Å². The van der Waals surface area contributed by atoms with Crippen LogP contribution in [0.25, 0.3) is 0 Å². The smallest absolute Gasteiger partial charge is 0.246 e. The number of carbonyl (C=O) groups is 1. The van der Waals surface area contributed by atoms with Crippen LogP contribution < -0.4 is 0 Å². The summed E-state index contributed by atoms with van der Waals surface area (Å²) >= 11 is 0. The molecule has 18 heavy (non-hydrogen) atoms. The number of H-pyrrole nitrogens is 1. The van der Waals surface area contributed by atoms with E-state index in [0.29, 0.717) is 5.92 Å². The van der Waals surface area contributed by atoms with Crippen LogP contribution in [0, 0.1) is 0 Å². The second-order valence-electron chi connectivity index (χ2n) is 4.48. The van der Waals surface area contributed by atoms with E-state index in [0.717, 1.165) is 31.8 Å². The largest absolute Gasteiger partial charge is 0.348 e. The van der Waals surface area contributed by atoms with Crippen molar-refractivity contribution in [3.8, 4) is 0 Å². The Hall–Kier alpha value is -1.84. The van der Waals surface area contributed by atoms with Gasteiger partial charge in [0.05, 0.1) is 0 Å². The monoisotopic (exact) mass is 245 g/mol. The van der Waals surface area contributed by atoms with Gasteiger partial charge in [0, 0.05) is 37.5 Å². The van der Waals surface area contributed by atoms with E-state index in [1.165, 1.54) is 0 Å². The second kappa shape index (κ2) is 6.19. The molecule has 4 heteroatoms. The molecule has 0 aromatic carbocycles. The highest BCUT2D eigenvalue weighted by atomic mass is 16.2. The molecule has 0 radical (unpaired) electrons. The van der Waals surface area contributed by atoms with E-state index in [9.17, 15) is 4.79 Å². The predicted octanol–water partition coefficient (Wildman–Crippen LogP) is 2.25. The van der Waals surface area contributed by atoms with Gasteiger partial charge in [-0.05, 0) is 19.8 Å². The SMILES string of the molecule is C/C=C/C=C/C(=O)N1CCCC(c2ncc[nH]2)C1. The average molecular weight is 245 g/mol. The zero-order chi connectivity index (χ0) is 12.8. The number of aromatic amines is 1. The Morgan fingerprint density at radius 2 is 2.44 bits per heavy atom. The highest BCUT2D eigenvalue weighted by Gasteiger charge is 2.24. The molecule has 0 spiro atoms. The van der Waals surface area contributed by atoms with Crippen molar-refractivity contribution in [1.82, 2.24) is 14.9 Å². The molecular formula is C14H19N3O. The third kappa shape index (κ3) is 3.09. The molecule has 1 aliphatic heterocycles. The van der Waals surface area contributed by atoms with Crippen molar-refractivity contribution in [3.05, 3.63) is 42.5 Å². The third-order valence-corrected chi connectivity index (χ3v) is 3.18. The lowest BCUT2D eigenvalue weighted by molar-refractivity contribution is -0.127. The molecule has 1 aromatic rings. The molecule has 1 unspecified atom stereocenters. The fourth-order valence-corrected chi connectivity index (χ4v) is 2.26. The van der Waals surface area contributed by atoms with Crippen molar-refractivity contribution >= 4 is 5.91 Å². The lowest BCUT2D eigenvalue weighted by Crippen LogP contribution is -2.38. The summed E-state index contributed by atoms with van der Waals surface area (Å²) in [7, 11) is 0. The number of amides is 1. The van der Waals surface area contributed by atoms with Crippen LogP contribution in [0.15, 0.2) is 36.7 Å². The number of nitrogens with one attached hydrogen (secondary N) is 1. The Morgan fingerprint density at radius 1 is 1.56 bits per heavy atom. The first-order valence-electron chi connectivity index (χ1n) is 6.39. The van der Waals surface area contributed by atoms with Crippen molar-refractivity contribution in [2.45, 2.75) is 25.7 Å². The quantitative estimate of drug-likeness (QED) is 0.656. The van der Waals surface area contributed by atoms with Crippen molar-refractivity contribution < 1.29 is 4.79 Å². The molecule has 0 bridgehead atoms. The number of aromatic nitrogens is 2. The fourth-order valence-electron chi connectivity index (χ4n) is 2.26. The van der Waals surface area contributed by atoms with Crippen LogP contribution in [0.5, 0.6) is 0 Å². The summed E-state index contributed by atoms with van der Waals surface area (Å²) in [6.07, 6.45) is 12.9. The molecule has 1 N–H and O–H groups in total. The number of carbonyl (C=O) groups excluding carboxylic acids is 1. The average Bonchev–Trinajstić information content (AvgIpc) is 2.93. The first kappa shape index (κ1) is 12.6. The van der Waals surface area contributed by atoms with Crippen molar-refractivity contribution in [2.24, 2.45) is 0 Å². The molecule has 1 amide bonds. The number of imidazole rings is 1. The van der Waals surface area contributed by atoms with Crippen LogP contribution in [0.2, 0.25) is 0 Å². The highest BCUT2D eigenvalue weighted by Crippen LogP contribution is 2.24. The molecule has 96 valence electrons. The van der Waals surface area contributed by atoms with Crippen LogP contribution in [-0.2, 0) is 4.79 Å². The van der Waals surface area contributed by atoms with Gasteiger partial charge in [0.2, 0.25) is 5.91 Å². The highest BCUT2D eigenvalue weighted by molar-refractivity contribution is 5.88. The number of hydrogen-bond acceptors (Lipinski definition) is 2. The summed E-state index contributed by atoms with van der Waals surface area (Å²) in [4.78, 5) is 21.3. The Bertz CT molecular complexity index is 434. The predicted molar refractivity (Wildman–Crippen MR) is 71.1 cm³/mol. The zero-order valence-corrected chi connectivity index (χ0v) is 10.7. The number of hydrogen-bond donors (Lipinski definition) is 1. The lowest BCUT2D eigenvalue weighted by Gasteiger charge is -2.31. The minimum atomic E-state index is 0.0874. The van der Waals surface area contributed by atoms with Gasteiger partial charge in [0.1, 0.15) is 5.82 Å². The summed E-state index contributed by atoms with van der Waals surface area (Å²) in [6, 6.07) is 0. The standard InChI is InChI=1S/C14H19N3O/c1-2-3-4-7-13(18)17-10-5-6-12(11-17)14-15-8-9-16-14/h2-4,7-9,12H,5-6,10-11H2,1H3,(H,15,16)/b3-2+,7-4+. The Balaban J connectivity index is 1.96. The van der Waals surface area contributed by atoms with Gasteiger partial charge in [-0.25, -0.2) is 4.98 Å². The lowest BCUT2D eigenvalue weighted by atomic mass is 9.97. The van der Waals surface area contributed by atoms with E-state index >= 15 is 0 Å². The summed E-state index contributed by atoms with van der Waals surface area (Å²) in [5.41, 5.74) is 0. The maximum atomic E-state index is 12.0. The number of likely N-dealkylation sites (tertiary alicyclic amines) is 1. The molecule has 0 aliphatic carbocycles. The van der Waals surface area contributed by atoms with Gasteiger partial charge in [0.15, 0.2) is 0 Å². The van der Waals surface area contributed by atoms with E-state index < -0.39 is 0 Å². The van der Waals surface area contributed by atoms with Gasteiger partial charge in [-0.2, -0.15) is 0 Å². The molecule has 2 heterocycles. The summed E-state index contributed by atoms with van der Waals surface area (Å²) in [5, 5.41) is 0. The fraction of sp³-hybridized carbons (Fsp3) is 0.429. The molecule has 1 saturated heterocycles. The summed E-state index contributed by atoms with van der Waals surface area (Å²) in [6.45, 7) is 3.53. The number of allylic oxidation sites excluding steroid dienone is 3. The second-order valence-corrected chi connectivity index (χ2v) is 4.48. The number of nitrogens with zero attached hydrogens (tertiary/aromatic N) is 2. The van der Waals surface area contributed by atoms with Gasteiger partial charge in [-0.15, -0.1) is 0 Å². The molecule has 1 aliphatic rings. The van der Waals surface area contributed by atoms with Crippen molar-refractivity contribution in [3.63, 3.8) is 0 Å². The van der Waals surface area contributed by atoms with Crippen LogP contribution in [0.1, 0.15) is 31.5 Å². The van der Waals surface area contributed by atoms with Gasteiger partial charge >= 0.3 is 0 Å².